The van der Waals surface area contributed by atoms with Gasteiger partial charge < -0.3 is 15.0 Å². The summed E-state index contributed by atoms with van der Waals surface area (Å²) in [5, 5.41) is 3.22. The summed E-state index contributed by atoms with van der Waals surface area (Å²) in [6, 6.07) is 0.591. The lowest BCUT2D eigenvalue weighted by atomic mass is 10.0. The van der Waals surface area contributed by atoms with Crippen LogP contribution in [-0.4, -0.2) is 50.8 Å². The van der Waals surface area contributed by atoms with E-state index in [4.69, 9.17) is 4.74 Å². The van der Waals surface area contributed by atoms with E-state index in [1.807, 2.05) is 7.05 Å². The van der Waals surface area contributed by atoms with Gasteiger partial charge in [-0.2, -0.15) is 0 Å². The van der Waals surface area contributed by atoms with Gasteiger partial charge in [-0.3, -0.25) is 0 Å². The molecule has 92 valence electrons. The molecule has 2 unspecified atom stereocenters. The molecule has 3 nitrogen and oxygen atoms in total. The maximum Gasteiger partial charge on any atom is 0.0596 e. The van der Waals surface area contributed by atoms with E-state index in [-0.39, 0.29) is 0 Å². The predicted octanol–water partition coefficient (Wildman–Crippen LogP) is 1.59. The Kier molecular flexibility index (Phi) is 8.02. The predicted molar refractivity (Wildman–Crippen MR) is 66.3 cm³/mol. The average Bonchev–Trinajstić information content (AvgIpc) is 2.16. The van der Waals surface area contributed by atoms with Crippen LogP contribution in [0.2, 0.25) is 0 Å². The fraction of sp³-hybridized carbons (Fsp3) is 1.00. The van der Waals surface area contributed by atoms with Crippen LogP contribution in [-0.2, 0) is 4.74 Å². The van der Waals surface area contributed by atoms with Crippen LogP contribution in [0.25, 0.3) is 0 Å². The van der Waals surface area contributed by atoms with Gasteiger partial charge in [0.05, 0.1) is 12.7 Å². The first-order valence-electron chi connectivity index (χ1n) is 5.95. The summed E-state index contributed by atoms with van der Waals surface area (Å²) in [6.45, 7) is 11.6. The highest BCUT2D eigenvalue weighted by Crippen LogP contribution is 2.07. The monoisotopic (exact) mass is 216 g/mol. The Morgan fingerprint density at radius 1 is 1.20 bits per heavy atom. The quantitative estimate of drug-likeness (QED) is 0.667. The molecule has 0 saturated carbocycles. The molecular formula is C12H28N2O. The summed E-state index contributed by atoms with van der Waals surface area (Å²) in [7, 11) is 4.17. The van der Waals surface area contributed by atoms with Gasteiger partial charge in [-0.15, -0.1) is 0 Å². The van der Waals surface area contributed by atoms with Crippen molar-refractivity contribution >= 4 is 0 Å². The van der Waals surface area contributed by atoms with Gasteiger partial charge in [0.1, 0.15) is 0 Å². The lowest BCUT2D eigenvalue weighted by Gasteiger charge is -2.29. The van der Waals surface area contributed by atoms with E-state index in [0.29, 0.717) is 18.1 Å². The van der Waals surface area contributed by atoms with Gasteiger partial charge >= 0.3 is 0 Å². The molecular weight excluding hydrogens is 188 g/mol. The van der Waals surface area contributed by atoms with E-state index in [9.17, 15) is 0 Å². The summed E-state index contributed by atoms with van der Waals surface area (Å²) in [5.74, 6) is 0.666. The van der Waals surface area contributed by atoms with Crippen LogP contribution in [0.5, 0.6) is 0 Å². The van der Waals surface area contributed by atoms with Crippen LogP contribution in [0.15, 0.2) is 0 Å². The molecule has 0 aromatic heterocycles. The smallest absolute Gasteiger partial charge is 0.0596 e. The Balaban J connectivity index is 3.72. The minimum atomic E-state index is 0.337. The third kappa shape index (κ3) is 6.88. The highest BCUT2D eigenvalue weighted by molar-refractivity contribution is 4.71. The molecule has 0 saturated heterocycles. The van der Waals surface area contributed by atoms with Crippen LogP contribution in [0.3, 0.4) is 0 Å². The van der Waals surface area contributed by atoms with Crippen LogP contribution in [0, 0.1) is 5.92 Å². The standard InChI is InChI=1S/C12H28N2O/c1-10(2)15-8-7-14(6)12(4)11(3)9-13-5/h10-13H,7-9H2,1-6H3. The number of ether oxygens (including phenoxy) is 1. The van der Waals surface area contributed by atoms with E-state index in [0.717, 1.165) is 19.7 Å². The first-order chi connectivity index (χ1) is 6.99. The van der Waals surface area contributed by atoms with Gasteiger partial charge in [-0.25, -0.2) is 0 Å². The topological polar surface area (TPSA) is 24.5 Å². The van der Waals surface area contributed by atoms with Crippen molar-refractivity contribution in [3.8, 4) is 0 Å². The third-order valence-electron chi connectivity index (χ3n) is 2.94. The van der Waals surface area contributed by atoms with E-state index < -0.39 is 0 Å². The van der Waals surface area contributed by atoms with Crippen LogP contribution in [0.1, 0.15) is 27.7 Å². The third-order valence-corrected chi connectivity index (χ3v) is 2.94. The number of likely N-dealkylation sites (N-methyl/N-ethyl adjacent to an activating group) is 1. The van der Waals surface area contributed by atoms with Crippen LogP contribution in [0.4, 0.5) is 0 Å². The Morgan fingerprint density at radius 2 is 1.80 bits per heavy atom. The molecule has 0 aromatic carbocycles. The zero-order valence-electron chi connectivity index (χ0n) is 11.2. The summed E-state index contributed by atoms with van der Waals surface area (Å²) in [5.41, 5.74) is 0. The largest absolute Gasteiger partial charge is 0.377 e. The molecule has 0 rings (SSSR count). The van der Waals surface area contributed by atoms with Gasteiger partial charge in [0.15, 0.2) is 0 Å². The Morgan fingerprint density at radius 3 is 2.27 bits per heavy atom. The number of hydrogen-bond acceptors (Lipinski definition) is 3. The second-order valence-corrected chi connectivity index (χ2v) is 4.68. The number of rotatable bonds is 8. The summed E-state index contributed by atoms with van der Waals surface area (Å²) in [6.07, 6.45) is 0.337. The SMILES string of the molecule is CNCC(C)C(C)N(C)CCOC(C)C. The van der Waals surface area contributed by atoms with E-state index in [1.54, 1.807) is 0 Å². The maximum absolute atomic E-state index is 5.55. The molecule has 0 amide bonds. The highest BCUT2D eigenvalue weighted by Gasteiger charge is 2.15. The summed E-state index contributed by atoms with van der Waals surface area (Å²) >= 11 is 0. The number of hydrogen-bond donors (Lipinski definition) is 1. The van der Waals surface area contributed by atoms with Crippen molar-refractivity contribution in [1.82, 2.24) is 10.2 Å². The molecule has 2 atom stereocenters. The Bertz CT molecular complexity index is 151. The summed E-state index contributed by atoms with van der Waals surface area (Å²) < 4.78 is 5.55. The second-order valence-electron chi connectivity index (χ2n) is 4.68. The maximum atomic E-state index is 5.55. The molecule has 0 aliphatic rings. The molecule has 3 heteroatoms. The minimum absolute atomic E-state index is 0.337. The van der Waals surface area contributed by atoms with Crippen molar-refractivity contribution in [2.24, 2.45) is 5.92 Å². The molecule has 0 fully saturated rings. The van der Waals surface area contributed by atoms with Crippen molar-refractivity contribution in [2.75, 3.05) is 33.8 Å². The van der Waals surface area contributed by atoms with E-state index >= 15 is 0 Å². The van der Waals surface area contributed by atoms with E-state index in [1.165, 1.54) is 0 Å². The molecule has 15 heavy (non-hydrogen) atoms. The first kappa shape index (κ1) is 14.9. The zero-order valence-corrected chi connectivity index (χ0v) is 11.2. The lowest BCUT2D eigenvalue weighted by molar-refractivity contribution is 0.0520. The van der Waals surface area contributed by atoms with Gasteiger partial charge in [0.25, 0.3) is 0 Å². The fourth-order valence-electron chi connectivity index (χ4n) is 1.56. The van der Waals surface area contributed by atoms with Crippen LogP contribution >= 0.6 is 0 Å². The molecule has 0 heterocycles. The molecule has 0 aromatic rings. The van der Waals surface area contributed by atoms with Crippen molar-refractivity contribution in [1.29, 1.82) is 0 Å². The Hall–Kier alpha value is -0.120. The highest BCUT2D eigenvalue weighted by atomic mass is 16.5. The normalized spacial score (nSPS) is 16.0. The molecule has 0 aliphatic carbocycles. The molecule has 1 N–H and O–H groups in total. The minimum Gasteiger partial charge on any atom is -0.377 e. The molecule has 0 bridgehead atoms. The van der Waals surface area contributed by atoms with Crippen LogP contribution < -0.4 is 5.32 Å². The second kappa shape index (κ2) is 8.08. The van der Waals surface area contributed by atoms with Crippen molar-refractivity contribution < 1.29 is 4.74 Å². The lowest BCUT2D eigenvalue weighted by Crippen LogP contribution is -2.40. The van der Waals surface area contributed by atoms with Crippen molar-refractivity contribution in [3.05, 3.63) is 0 Å². The average molecular weight is 216 g/mol. The molecule has 0 aliphatic heterocycles. The van der Waals surface area contributed by atoms with Crippen molar-refractivity contribution in [2.45, 2.75) is 39.8 Å². The number of nitrogens with one attached hydrogen (secondary N) is 1. The van der Waals surface area contributed by atoms with Gasteiger partial charge in [-0.05, 0) is 47.3 Å². The molecule has 0 spiro atoms. The fourth-order valence-corrected chi connectivity index (χ4v) is 1.56. The van der Waals surface area contributed by atoms with Gasteiger partial charge in [-0.1, -0.05) is 6.92 Å². The van der Waals surface area contributed by atoms with E-state index in [2.05, 4.69) is 45.0 Å². The zero-order chi connectivity index (χ0) is 11.8. The summed E-state index contributed by atoms with van der Waals surface area (Å²) in [4.78, 5) is 2.37. The first-order valence-corrected chi connectivity index (χ1v) is 5.95. The Labute approximate surface area is 95.2 Å². The molecule has 0 radical (unpaired) electrons. The van der Waals surface area contributed by atoms with Gasteiger partial charge in [0, 0.05) is 12.6 Å². The van der Waals surface area contributed by atoms with Crippen molar-refractivity contribution in [3.63, 3.8) is 0 Å². The number of nitrogens with zero attached hydrogens (tertiary/aromatic N) is 1. The van der Waals surface area contributed by atoms with Gasteiger partial charge in [0.2, 0.25) is 0 Å².